The van der Waals surface area contributed by atoms with Crippen molar-refractivity contribution in [3.63, 3.8) is 0 Å². The molecule has 0 unspecified atom stereocenters. The van der Waals surface area contributed by atoms with Gasteiger partial charge in [-0.2, -0.15) is 0 Å². The van der Waals surface area contributed by atoms with Crippen LogP contribution in [0.1, 0.15) is 71.9 Å². The zero-order chi connectivity index (χ0) is 35.7. The fourth-order valence-corrected chi connectivity index (χ4v) is 6.87. The Morgan fingerprint density at radius 1 is 1.06 bits per heavy atom. The molecule has 3 aromatic rings. The minimum atomic E-state index is -3.93. The molecule has 3 N–H and O–H groups in total. The molecule has 0 radical (unpaired) electrons. The molecule has 0 bridgehead atoms. The van der Waals surface area contributed by atoms with Crippen molar-refractivity contribution in [1.82, 2.24) is 9.80 Å². The quantitative estimate of drug-likeness (QED) is 0.253. The van der Waals surface area contributed by atoms with Gasteiger partial charge < -0.3 is 24.6 Å². The summed E-state index contributed by atoms with van der Waals surface area (Å²) in [6.45, 7) is 9.25. The van der Waals surface area contributed by atoms with Gasteiger partial charge in [-0.25, -0.2) is 13.2 Å². The topological polar surface area (TPSA) is 146 Å². The molecule has 1 heterocycles. The summed E-state index contributed by atoms with van der Waals surface area (Å²) in [6.07, 6.45) is 1.91. The molecule has 0 fully saturated rings. The molecule has 0 saturated carbocycles. The predicted octanol–water partition coefficient (Wildman–Crippen LogP) is 5.42. The molecule has 1 aliphatic heterocycles. The maximum atomic E-state index is 14.4. The smallest absolute Gasteiger partial charge is 0.335 e. The normalized spacial score (nSPS) is 20.2. The molecule has 0 spiro atoms. The van der Waals surface area contributed by atoms with E-state index >= 15 is 0 Å². The Morgan fingerprint density at radius 3 is 2.41 bits per heavy atom. The number of aryl methyl sites for hydroxylation is 1. The first-order valence-corrected chi connectivity index (χ1v) is 18.2. The van der Waals surface area contributed by atoms with Crippen LogP contribution in [0.25, 0.3) is 0 Å². The lowest BCUT2D eigenvalue weighted by Crippen LogP contribution is -2.47. The summed E-state index contributed by atoms with van der Waals surface area (Å²) >= 11 is 0. The van der Waals surface area contributed by atoms with Gasteiger partial charge in [0.15, 0.2) is 0 Å². The van der Waals surface area contributed by atoms with Gasteiger partial charge in [0.05, 0.1) is 40.9 Å². The summed E-state index contributed by atoms with van der Waals surface area (Å²) in [7, 11) is -1.96. The second-order valence-electron chi connectivity index (χ2n) is 13.1. The zero-order valence-corrected chi connectivity index (χ0v) is 29.8. The van der Waals surface area contributed by atoms with E-state index in [0.717, 1.165) is 30.4 Å². The second-order valence-corrected chi connectivity index (χ2v) is 14.8. The number of rotatable bonds is 10. The maximum Gasteiger partial charge on any atom is 0.335 e. The first-order chi connectivity index (χ1) is 23.3. The number of sulfonamides is 1. The van der Waals surface area contributed by atoms with E-state index in [0.29, 0.717) is 25.4 Å². The number of aliphatic hydroxyl groups is 1. The SMILES string of the molecule is Cc1ccc(S(=O)(=O)Nc2ccc3c(c2)C(=O)N([C@H](C)CO)C[C@@H](C)[C@@H](CN(C)Cc2ccc(C(=O)O)cc2)OCCCC[C@H](C)O3)cc1. The Bertz CT molecular complexity index is 1660. The minimum Gasteiger partial charge on any atom is -0.490 e. The number of carbonyl (C=O) groups is 2. The van der Waals surface area contributed by atoms with Gasteiger partial charge in [0.2, 0.25) is 0 Å². The van der Waals surface area contributed by atoms with Gasteiger partial charge in [0.25, 0.3) is 15.9 Å². The minimum absolute atomic E-state index is 0.104. The first kappa shape index (κ1) is 37.8. The van der Waals surface area contributed by atoms with Gasteiger partial charge >= 0.3 is 5.97 Å². The highest BCUT2D eigenvalue weighted by Gasteiger charge is 2.31. The Kier molecular flexibility index (Phi) is 13.2. The molecule has 1 aliphatic rings. The number of benzene rings is 3. The number of nitrogens with zero attached hydrogens (tertiary/aromatic N) is 2. The van der Waals surface area contributed by atoms with Crippen molar-refractivity contribution in [2.45, 2.75) is 76.6 Å². The number of anilines is 1. The van der Waals surface area contributed by atoms with Crippen molar-refractivity contribution >= 4 is 27.6 Å². The van der Waals surface area contributed by atoms with Crippen molar-refractivity contribution in [1.29, 1.82) is 0 Å². The number of nitrogens with one attached hydrogen (secondary N) is 1. The average Bonchev–Trinajstić information content (AvgIpc) is 3.06. The number of hydrogen-bond acceptors (Lipinski definition) is 8. The number of amides is 1. The Labute approximate surface area is 289 Å². The van der Waals surface area contributed by atoms with Gasteiger partial charge in [0.1, 0.15) is 5.75 Å². The molecular weight excluding hydrogens is 646 g/mol. The summed E-state index contributed by atoms with van der Waals surface area (Å²) in [5.74, 6) is -1.17. The predicted molar refractivity (Wildman–Crippen MR) is 189 cm³/mol. The molecule has 0 saturated heterocycles. The van der Waals surface area contributed by atoms with Gasteiger partial charge in [-0.15, -0.1) is 0 Å². The molecule has 1 amide bonds. The second kappa shape index (κ2) is 17.1. The summed E-state index contributed by atoms with van der Waals surface area (Å²) in [5.41, 5.74) is 2.54. The van der Waals surface area contributed by atoms with Gasteiger partial charge in [-0.3, -0.25) is 14.4 Å². The maximum absolute atomic E-state index is 14.4. The first-order valence-electron chi connectivity index (χ1n) is 16.7. The molecule has 4 atom stereocenters. The number of carboxylic acid groups (broad SMARTS) is 1. The van der Waals surface area contributed by atoms with E-state index in [2.05, 4.69) is 9.62 Å². The lowest BCUT2D eigenvalue weighted by Gasteiger charge is -2.36. The molecule has 0 aromatic heterocycles. The molecule has 3 aromatic carbocycles. The molecule has 11 nitrogen and oxygen atoms in total. The number of aliphatic hydroxyl groups excluding tert-OH is 1. The van der Waals surface area contributed by atoms with Crippen LogP contribution in [-0.2, 0) is 21.3 Å². The van der Waals surface area contributed by atoms with Crippen molar-refractivity contribution in [3.8, 4) is 5.75 Å². The third-order valence-corrected chi connectivity index (χ3v) is 10.2. The Balaban J connectivity index is 1.62. The number of ether oxygens (including phenoxy) is 2. The third-order valence-electron chi connectivity index (χ3n) is 8.78. The highest BCUT2D eigenvalue weighted by molar-refractivity contribution is 7.92. The largest absolute Gasteiger partial charge is 0.490 e. The van der Waals surface area contributed by atoms with Gasteiger partial charge in [-0.05, 0) is 95.1 Å². The standard InChI is InChI=1S/C37H49N3O8S/c1-25-9-16-32(17-10-25)49(45,46)38-31-15-18-34-33(20-31)36(42)40(27(3)24-41)21-26(2)35(47-19-7-6-8-28(4)48-34)23-39(5)22-29-11-13-30(14-12-29)37(43)44/h9-18,20,26-28,35,38,41H,6-8,19,21-24H2,1-5H3,(H,43,44)/t26-,27-,28+,35-/m1/s1. The van der Waals surface area contributed by atoms with Crippen LogP contribution in [0.3, 0.4) is 0 Å². The van der Waals surface area contributed by atoms with Crippen LogP contribution in [-0.4, -0.2) is 91.9 Å². The lowest BCUT2D eigenvalue weighted by molar-refractivity contribution is -0.0177. The molecule has 0 aliphatic carbocycles. The zero-order valence-electron chi connectivity index (χ0n) is 29.0. The van der Waals surface area contributed by atoms with E-state index in [-0.39, 0.29) is 53.0 Å². The number of likely N-dealkylation sites (N-methyl/N-ethyl adjacent to an activating group) is 1. The molecule has 12 heteroatoms. The van der Waals surface area contributed by atoms with Crippen LogP contribution in [0.5, 0.6) is 5.75 Å². The summed E-state index contributed by atoms with van der Waals surface area (Å²) in [4.78, 5) is 29.5. The van der Waals surface area contributed by atoms with Gasteiger partial charge in [0, 0.05) is 37.8 Å². The molecule has 49 heavy (non-hydrogen) atoms. The monoisotopic (exact) mass is 695 g/mol. The van der Waals surface area contributed by atoms with Crippen molar-refractivity contribution in [2.24, 2.45) is 5.92 Å². The number of carbonyl (C=O) groups excluding carboxylic acids is 1. The number of hydrogen-bond donors (Lipinski definition) is 3. The van der Waals surface area contributed by atoms with Crippen LogP contribution in [0.4, 0.5) is 5.69 Å². The highest BCUT2D eigenvalue weighted by atomic mass is 32.2. The summed E-state index contributed by atoms with van der Waals surface area (Å²) in [6, 6.07) is 17.5. The van der Waals surface area contributed by atoms with Crippen molar-refractivity contribution < 1.29 is 37.7 Å². The van der Waals surface area contributed by atoms with Crippen LogP contribution in [0, 0.1) is 12.8 Å². The highest BCUT2D eigenvalue weighted by Crippen LogP contribution is 2.29. The van der Waals surface area contributed by atoms with Crippen LogP contribution in [0.15, 0.2) is 71.6 Å². The van der Waals surface area contributed by atoms with Crippen LogP contribution in [0.2, 0.25) is 0 Å². The molecular formula is C37H49N3O8S. The fraction of sp³-hybridized carbons (Fsp3) is 0.459. The van der Waals surface area contributed by atoms with Gasteiger partial charge in [-0.1, -0.05) is 36.8 Å². The van der Waals surface area contributed by atoms with Crippen LogP contribution < -0.4 is 9.46 Å². The van der Waals surface area contributed by atoms with E-state index < -0.39 is 27.9 Å². The van der Waals surface area contributed by atoms with Crippen molar-refractivity contribution in [3.05, 3.63) is 89.0 Å². The van der Waals surface area contributed by atoms with Crippen molar-refractivity contribution in [2.75, 3.05) is 38.1 Å². The van der Waals surface area contributed by atoms with E-state index in [1.54, 1.807) is 60.4 Å². The number of carboxylic acids is 1. The van der Waals surface area contributed by atoms with E-state index in [4.69, 9.17) is 9.47 Å². The van der Waals surface area contributed by atoms with E-state index in [1.807, 2.05) is 27.8 Å². The van der Waals surface area contributed by atoms with Crippen LogP contribution >= 0.6 is 0 Å². The summed E-state index contributed by atoms with van der Waals surface area (Å²) < 4.78 is 41.8. The summed E-state index contributed by atoms with van der Waals surface area (Å²) in [5, 5.41) is 19.5. The fourth-order valence-electron chi connectivity index (χ4n) is 5.82. The Morgan fingerprint density at radius 2 is 1.76 bits per heavy atom. The third kappa shape index (κ3) is 10.5. The molecule has 4 rings (SSSR count). The van der Waals surface area contributed by atoms with E-state index in [1.165, 1.54) is 18.2 Å². The average molecular weight is 696 g/mol. The van der Waals surface area contributed by atoms with E-state index in [9.17, 15) is 28.2 Å². The Hall–Kier alpha value is -3.97. The number of aromatic carboxylic acids is 1. The number of fused-ring (bicyclic) bond motifs is 1. The lowest BCUT2D eigenvalue weighted by atomic mass is 10.0. The molecule has 266 valence electrons.